The monoisotopic (exact) mass is 1610 g/mol. The van der Waals surface area contributed by atoms with Gasteiger partial charge in [0, 0.05) is 58.3 Å². The van der Waals surface area contributed by atoms with Gasteiger partial charge in [-0.25, -0.2) is 15.0 Å². The molecule has 0 spiro atoms. The molecule has 6 heterocycles. The van der Waals surface area contributed by atoms with E-state index in [2.05, 4.69) is 367 Å². The van der Waals surface area contributed by atoms with Crippen LogP contribution in [0.25, 0.3) is 54.3 Å². The van der Waals surface area contributed by atoms with E-state index < -0.39 is 0 Å². The van der Waals surface area contributed by atoms with Gasteiger partial charge in [0.2, 0.25) is 0 Å². The Hall–Kier alpha value is -10.8. The molecule has 120 heavy (non-hydrogen) atoms. The van der Waals surface area contributed by atoms with Crippen LogP contribution in [0, 0.1) is 69.2 Å². The summed E-state index contributed by atoms with van der Waals surface area (Å²) >= 11 is 0. The van der Waals surface area contributed by atoms with Crippen LogP contribution in [0.2, 0.25) is 0 Å². The van der Waals surface area contributed by atoms with Crippen molar-refractivity contribution in [3.05, 3.63) is 364 Å². The maximum absolute atomic E-state index is 4.28. The van der Waals surface area contributed by atoms with Crippen molar-refractivity contribution in [2.45, 2.75) is 277 Å². The van der Waals surface area contributed by atoms with E-state index in [1.165, 1.54) is 169 Å². The second kappa shape index (κ2) is 70.1. The van der Waals surface area contributed by atoms with E-state index in [0.717, 1.165) is 71.7 Å². The van der Waals surface area contributed by atoms with Crippen molar-refractivity contribution in [2.75, 3.05) is 0 Å². The summed E-state index contributed by atoms with van der Waals surface area (Å²) in [5.74, 6) is 0. The molecule has 15 rings (SSSR count). The first-order valence-corrected chi connectivity index (χ1v) is 44.2. The number of unbranched alkanes of at least 4 members (excludes halogenated alkanes) is 5. The summed E-state index contributed by atoms with van der Waals surface area (Å²) in [6, 6.07) is 84.3. The van der Waals surface area contributed by atoms with Crippen LogP contribution in [0.3, 0.4) is 0 Å². The molecule has 0 aliphatic carbocycles. The highest BCUT2D eigenvalue weighted by Crippen LogP contribution is 2.24. The lowest BCUT2D eigenvalue weighted by Crippen LogP contribution is -1.87. The van der Waals surface area contributed by atoms with Crippen molar-refractivity contribution in [3.8, 4) is 0 Å². The lowest BCUT2D eigenvalue weighted by Gasteiger charge is -2.05. The molecule has 644 valence electrons. The van der Waals surface area contributed by atoms with Gasteiger partial charge in [0.05, 0.1) is 12.0 Å². The predicted molar refractivity (Wildman–Crippen MR) is 535 cm³/mol. The van der Waals surface area contributed by atoms with E-state index in [9.17, 15) is 0 Å². The molecular formula is C112H156N8. The maximum Gasteiger partial charge on any atom is 0.180 e. The highest BCUT2D eigenvalue weighted by Gasteiger charge is 2.03. The third-order valence-corrected chi connectivity index (χ3v) is 19.1. The molecule has 1 N–H and O–H groups in total. The van der Waals surface area contributed by atoms with E-state index >= 15 is 0 Å². The fourth-order valence-electron chi connectivity index (χ4n) is 10.4. The van der Waals surface area contributed by atoms with E-state index in [-0.39, 0.29) is 7.43 Å². The molecule has 0 unspecified atom stereocenters. The fourth-order valence-corrected chi connectivity index (χ4v) is 10.4. The Morgan fingerprint density at radius 3 is 1.04 bits per heavy atom. The van der Waals surface area contributed by atoms with Gasteiger partial charge in [0.25, 0.3) is 0 Å². The third-order valence-electron chi connectivity index (χ3n) is 19.1. The molecule has 0 bridgehead atoms. The summed E-state index contributed by atoms with van der Waals surface area (Å²) in [4.78, 5) is 31.5. The van der Waals surface area contributed by atoms with E-state index in [0.29, 0.717) is 0 Å². The van der Waals surface area contributed by atoms with Crippen molar-refractivity contribution in [2.24, 2.45) is 0 Å². The van der Waals surface area contributed by atoms with E-state index in [1.807, 2.05) is 107 Å². The molecule has 0 aliphatic rings. The zero-order chi connectivity index (χ0) is 88.2. The first-order chi connectivity index (χ1) is 57.6. The Morgan fingerprint density at radius 1 is 0.242 bits per heavy atom. The number of imidazole rings is 1. The number of aromatic amines is 1. The molecule has 15 aromatic rings. The normalized spacial score (nSPS) is 9.47. The van der Waals surface area contributed by atoms with Gasteiger partial charge in [-0.3, -0.25) is 19.9 Å². The van der Waals surface area contributed by atoms with Crippen molar-refractivity contribution >= 4 is 54.3 Å². The number of pyridine rings is 4. The van der Waals surface area contributed by atoms with Crippen molar-refractivity contribution in [3.63, 3.8) is 0 Å². The van der Waals surface area contributed by atoms with Gasteiger partial charge in [-0.2, -0.15) is 0 Å². The molecule has 0 aliphatic heterocycles. The van der Waals surface area contributed by atoms with Crippen LogP contribution < -0.4 is 0 Å². The standard InChI is InChI=1S/C13H14.C12H13N.C11H10.C10H9N.2C9H12.C8H11N.C7H8.C6H6N4.C6H7N.5C4H10.CH4/c1-3-11-7-5-8-12-10(2)6-4-9-13(11)12;1-3-10-5-4-6-11-9(2)13-8-7-12(10)11;1-9-5-4-7-10-6-2-3-8-11(9)10;1-8-10-5-3-2-4-9(10)6-7-11-8;2*1-3-9-6-4-8(2)5-7-9;1-3-8-5-4-7(2)9-6-8;1-7-5-3-2-4-6-7;1-4-5-6(9-2-7-4)10-3-8-5;1-6-4-2-3-5-7-6;5*1-3-4-2;/h4-9H,3H2,1-2H3;4-8H,3H2,1-2H3;2-8H,1H3;2-7H,1H3;2*4-7H,3H2,1-2H3;4-6H,3H2,1-2H3;2-6H,1H3;2-3H,1H3,(H,7,8,9,10);2-5H,1H3;5*3-4H2,1-2H3;1H4. The smallest absolute Gasteiger partial charge is 0.180 e. The summed E-state index contributed by atoms with van der Waals surface area (Å²) in [7, 11) is 0. The highest BCUT2D eigenvalue weighted by atomic mass is 15.0. The van der Waals surface area contributed by atoms with Gasteiger partial charge in [-0.05, 0) is 203 Å². The summed E-state index contributed by atoms with van der Waals surface area (Å²) in [6.07, 6.45) is 29.3. The minimum absolute atomic E-state index is 0. The van der Waals surface area contributed by atoms with Gasteiger partial charge in [0.1, 0.15) is 11.8 Å². The Labute approximate surface area is 730 Å². The maximum atomic E-state index is 4.28. The first-order valence-electron chi connectivity index (χ1n) is 44.2. The van der Waals surface area contributed by atoms with Crippen molar-refractivity contribution < 1.29 is 0 Å². The largest absolute Gasteiger partial charge is 0.342 e. The number of fused-ring (bicyclic) bond motifs is 5. The summed E-state index contributed by atoms with van der Waals surface area (Å²) in [5, 5.41) is 10.6. The minimum Gasteiger partial charge on any atom is -0.342 e. The number of aryl methyl sites for hydroxylation is 15. The number of H-pyrrole nitrogens is 1. The van der Waals surface area contributed by atoms with Crippen molar-refractivity contribution in [1.29, 1.82) is 0 Å². The zero-order valence-electron chi connectivity index (χ0n) is 78.3. The number of hydrogen-bond donors (Lipinski definition) is 1. The van der Waals surface area contributed by atoms with Crippen molar-refractivity contribution in [1.82, 2.24) is 39.9 Å². The molecule has 0 amide bonds. The summed E-state index contributed by atoms with van der Waals surface area (Å²) in [5.41, 5.74) is 20.7. The Bertz CT molecular complexity index is 4580. The predicted octanol–water partition coefficient (Wildman–Crippen LogP) is 33.3. The Morgan fingerprint density at radius 2 is 0.625 bits per heavy atom. The lowest BCUT2D eigenvalue weighted by molar-refractivity contribution is 0.886. The number of nitrogens with zero attached hydrogens (tertiary/aromatic N) is 7. The van der Waals surface area contributed by atoms with Crippen LogP contribution >= 0.6 is 0 Å². The minimum atomic E-state index is 0. The first kappa shape index (κ1) is 109. The lowest BCUT2D eigenvalue weighted by atomic mass is 10.00. The van der Waals surface area contributed by atoms with E-state index in [1.54, 1.807) is 12.5 Å². The topological polar surface area (TPSA) is 106 Å². The quantitative estimate of drug-likeness (QED) is 0.145. The van der Waals surface area contributed by atoms with E-state index in [4.69, 9.17) is 0 Å². The number of rotatable bonds is 10. The third kappa shape index (κ3) is 47.1. The van der Waals surface area contributed by atoms with Gasteiger partial charge in [0.15, 0.2) is 5.65 Å². The second-order valence-corrected chi connectivity index (χ2v) is 29.1. The van der Waals surface area contributed by atoms with Crippen LogP contribution in [0.15, 0.2) is 280 Å². The van der Waals surface area contributed by atoms with Crippen LogP contribution in [0.5, 0.6) is 0 Å². The van der Waals surface area contributed by atoms with Crippen LogP contribution in [-0.4, -0.2) is 39.9 Å². The van der Waals surface area contributed by atoms with Gasteiger partial charge < -0.3 is 4.98 Å². The Kier molecular flexibility index (Phi) is 63.7. The second-order valence-electron chi connectivity index (χ2n) is 29.1. The molecule has 0 radical (unpaired) electrons. The molecule has 8 heteroatoms. The molecule has 0 saturated carbocycles. The molecule has 0 saturated heterocycles. The SMILES string of the molecule is C.CCCC.CCCC.CCCC.CCCC.CCCC.CCc1ccc(C)cc1.CCc1ccc(C)cc1.CCc1ccc(C)nc1.CCc1cccc2c(C)cccc12.CCc1cccc2c(C)nccc12.Cc1cccc2ccccc12.Cc1ccccc1.Cc1ccccn1.Cc1nccc2ccccc12.Cc1ncnc2nc[nH]c12. The van der Waals surface area contributed by atoms with Gasteiger partial charge >= 0.3 is 0 Å². The average Bonchev–Trinajstić information content (AvgIpc) is 1.05. The van der Waals surface area contributed by atoms with Gasteiger partial charge in [-0.15, -0.1) is 0 Å². The van der Waals surface area contributed by atoms with Gasteiger partial charge in [-0.1, -0.05) is 405 Å². The van der Waals surface area contributed by atoms with Crippen LogP contribution in [0.1, 0.15) is 260 Å². The molecule has 6 aromatic heterocycles. The highest BCUT2D eigenvalue weighted by molar-refractivity contribution is 5.89. The molecule has 9 aromatic carbocycles. The number of benzene rings is 9. The molecule has 0 fully saturated rings. The number of aromatic nitrogens is 8. The molecular weight excluding hydrogens is 1460 g/mol. The summed E-state index contributed by atoms with van der Waals surface area (Å²) in [6.45, 7) is 53.3. The number of nitrogens with one attached hydrogen (secondary N) is 1. The number of hydrogen-bond acceptors (Lipinski definition) is 7. The fraction of sp³-hybridized carbons (Fsp3) is 0.366. The summed E-state index contributed by atoms with van der Waals surface area (Å²) < 4.78 is 0. The van der Waals surface area contributed by atoms with Crippen LogP contribution in [0.4, 0.5) is 0 Å². The zero-order valence-corrected chi connectivity index (χ0v) is 78.3. The average molecular weight is 1610 g/mol. The molecule has 0 atom stereocenters. The Balaban J connectivity index is 0.00000128. The van der Waals surface area contributed by atoms with Crippen LogP contribution in [-0.2, 0) is 32.1 Å². The molecule has 8 nitrogen and oxygen atoms in total.